The summed E-state index contributed by atoms with van der Waals surface area (Å²) in [4.78, 5) is 0. The van der Waals surface area contributed by atoms with E-state index in [1.165, 1.54) is 24.6 Å². The van der Waals surface area contributed by atoms with E-state index in [0.29, 0.717) is 7.61 Å². The second-order valence-electron chi connectivity index (χ2n) is 2.62. The SMILES string of the molecule is CCP(CC)[P+]([Se-])(CC)CC. The molecule has 3 heteroatoms. The van der Waals surface area contributed by atoms with E-state index in [2.05, 4.69) is 43.3 Å². The molecule has 0 aromatic rings. The molecule has 0 bridgehead atoms. The zero-order valence-corrected chi connectivity index (χ0v) is 11.6. The summed E-state index contributed by atoms with van der Waals surface area (Å²) in [5, 5.41) is 0. The summed E-state index contributed by atoms with van der Waals surface area (Å²) in [6.45, 7) is 9.42. The van der Waals surface area contributed by atoms with Gasteiger partial charge in [-0.15, -0.1) is 0 Å². The molecule has 0 radical (unpaired) electrons. The fourth-order valence-electron chi connectivity index (χ4n) is 1.36. The molecular formula is C8H20P2Se. The molecule has 0 rings (SSSR count). The zero-order valence-electron chi connectivity index (χ0n) is 8.13. The maximum absolute atomic E-state index is 3.53. The predicted octanol–water partition coefficient (Wildman–Crippen LogP) is 3.56. The molecule has 11 heavy (non-hydrogen) atoms. The van der Waals surface area contributed by atoms with Gasteiger partial charge in [0.2, 0.25) is 0 Å². The minimum atomic E-state index is -0.601. The Hall–Kier alpha value is 1.38. The van der Waals surface area contributed by atoms with Gasteiger partial charge in [-0.25, -0.2) is 0 Å². The monoisotopic (exact) mass is 258 g/mol. The zero-order chi connectivity index (χ0) is 8.91. The van der Waals surface area contributed by atoms with E-state index in [1.54, 1.807) is 0 Å². The van der Waals surface area contributed by atoms with E-state index in [-0.39, 0.29) is 0 Å². The number of hydrogen-bond donors (Lipinski definition) is 0. The molecule has 0 heterocycles. The second-order valence-corrected chi connectivity index (χ2v) is 18.1. The Kier molecular flexibility index (Phi) is 6.67. The molecule has 0 saturated carbocycles. The van der Waals surface area contributed by atoms with Crippen LogP contribution in [0.5, 0.6) is 0 Å². The van der Waals surface area contributed by atoms with Crippen LogP contribution in [0.3, 0.4) is 0 Å². The van der Waals surface area contributed by atoms with Crippen molar-refractivity contribution in [2.75, 3.05) is 24.6 Å². The molecule has 0 amide bonds. The van der Waals surface area contributed by atoms with Crippen LogP contribution in [0.25, 0.3) is 0 Å². The van der Waals surface area contributed by atoms with E-state index in [0.717, 1.165) is 0 Å². The molecular weight excluding hydrogens is 237 g/mol. The van der Waals surface area contributed by atoms with Crippen molar-refractivity contribution in [1.29, 1.82) is 0 Å². The molecule has 0 N–H and O–H groups in total. The summed E-state index contributed by atoms with van der Waals surface area (Å²) in [6.07, 6.45) is 5.68. The van der Waals surface area contributed by atoms with Gasteiger partial charge in [-0.3, -0.25) is 0 Å². The topological polar surface area (TPSA) is 0 Å². The molecule has 0 aliphatic carbocycles. The molecule has 0 unspecified atom stereocenters. The predicted molar refractivity (Wildman–Crippen MR) is 61.8 cm³/mol. The second kappa shape index (κ2) is 5.93. The molecule has 0 aromatic carbocycles. The quantitative estimate of drug-likeness (QED) is 0.521. The first-order valence-corrected chi connectivity index (χ1v) is 11.3. The molecule has 0 aliphatic rings. The van der Waals surface area contributed by atoms with Crippen molar-refractivity contribution in [2.24, 2.45) is 0 Å². The first kappa shape index (κ1) is 12.4. The van der Waals surface area contributed by atoms with Crippen LogP contribution in [0.2, 0.25) is 0 Å². The van der Waals surface area contributed by atoms with E-state index < -0.39 is 5.64 Å². The summed E-state index contributed by atoms with van der Waals surface area (Å²) in [5.41, 5.74) is -0.601. The van der Waals surface area contributed by atoms with Crippen LogP contribution in [-0.4, -0.2) is 40.2 Å². The fourth-order valence-corrected chi connectivity index (χ4v) is 13.9. The Bertz CT molecular complexity index is 98.3. The van der Waals surface area contributed by atoms with E-state index in [1.807, 2.05) is 0 Å². The van der Waals surface area contributed by atoms with Crippen LogP contribution in [-0.2, 0) is 0 Å². The van der Waals surface area contributed by atoms with E-state index in [4.69, 9.17) is 0 Å². The van der Waals surface area contributed by atoms with Crippen molar-refractivity contribution in [3.8, 4) is 0 Å². The van der Waals surface area contributed by atoms with Gasteiger partial charge in [-0.2, -0.15) is 0 Å². The summed E-state index contributed by atoms with van der Waals surface area (Å²) in [6, 6.07) is 0. The summed E-state index contributed by atoms with van der Waals surface area (Å²) < 4.78 is 0. The Morgan fingerprint density at radius 3 is 1.45 bits per heavy atom. The average molecular weight is 257 g/mol. The normalized spacial score (nSPS) is 12.5. The van der Waals surface area contributed by atoms with Gasteiger partial charge in [-0.05, 0) is 0 Å². The van der Waals surface area contributed by atoms with Crippen molar-refractivity contribution in [3.05, 3.63) is 0 Å². The molecule has 0 fully saturated rings. The molecule has 0 atom stereocenters. The Labute approximate surface area is 81.3 Å². The van der Waals surface area contributed by atoms with Gasteiger partial charge in [-0.1, -0.05) is 0 Å². The Balaban J connectivity index is 4.19. The molecule has 0 nitrogen and oxygen atoms in total. The molecule has 0 aromatic heterocycles. The number of rotatable bonds is 5. The Morgan fingerprint density at radius 1 is 1.00 bits per heavy atom. The van der Waals surface area contributed by atoms with Gasteiger partial charge in [0.05, 0.1) is 0 Å². The van der Waals surface area contributed by atoms with E-state index in [9.17, 15) is 0 Å². The van der Waals surface area contributed by atoms with Crippen LogP contribution < -0.4 is 0 Å². The van der Waals surface area contributed by atoms with Crippen molar-refractivity contribution in [3.63, 3.8) is 0 Å². The summed E-state index contributed by atoms with van der Waals surface area (Å²) in [7, 11) is 0.354. The third-order valence-corrected chi connectivity index (χ3v) is 20.8. The van der Waals surface area contributed by atoms with Crippen LogP contribution in [0.1, 0.15) is 27.7 Å². The van der Waals surface area contributed by atoms with Crippen LogP contribution in [0.15, 0.2) is 0 Å². The molecule has 0 aliphatic heterocycles. The van der Waals surface area contributed by atoms with Gasteiger partial charge in [0, 0.05) is 0 Å². The van der Waals surface area contributed by atoms with Crippen molar-refractivity contribution in [1.82, 2.24) is 0 Å². The van der Waals surface area contributed by atoms with Gasteiger partial charge >= 0.3 is 81.2 Å². The fraction of sp³-hybridized carbons (Fsp3) is 1.00. The molecule has 68 valence electrons. The van der Waals surface area contributed by atoms with Gasteiger partial charge in [0.25, 0.3) is 0 Å². The Morgan fingerprint density at radius 2 is 1.36 bits per heavy atom. The van der Waals surface area contributed by atoms with Crippen molar-refractivity contribution in [2.45, 2.75) is 27.7 Å². The molecule has 0 saturated heterocycles. The minimum absolute atomic E-state index is 0.354. The van der Waals surface area contributed by atoms with Crippen LogP contribution in [0.4, 0.5) is 0 Å². The standard InChI is InChI=1S/C8H20P2Se/c1-5-9(6-2)10(11,7-3)8-4/h5-8H2,1-4H3. The molecule has 0 spiro atoms. The average Bonchev–Trinajstić information content (AvgIpc) is 2.06. The third-order valence-electron chi connectivity index (χ3n) is 2.23. The van der Waals surface area contributed by atoms with Gasteiger partial charge in [0.1, 0.15) is 0 Å². The van der Waals surface area contributed by atoms with Crippen LogP contribution >= 0.6 is 13.3 Å². The van der Waals surface area contributed by atoms with E-state index >= 15 is 0 Å². The first-order chi connectivity index (χ1) is 5.14. The van der Waals surface area contributed by atoms with Gasteiger partial charge in [0.15, 0.2) is 0 Å². The van der Waals surface area contributed by atoms with Crippen molar-refractivity contribution >= 4 is 28.8 Å². The van der Waals surface area contributed by atoms with Gasteiger partial charge < -0.3 is 0 Å². The third kappa shape index (κ3) is 3.31. The van der Waals surface area contributed by atoms with Crippen LogP contribution in [0, 0.1) is 0 Å². The summed E-state index contributed by atoms with van der Waals surface area (Å²) >= 11 is 3.53. The number of hydrogen-bond acceptors (Lipinski definition) is 0. The maximum atomic E-state index is 3.53. The summed E-state index contributed by atoms with van der Waals surface area (Å²) in [5.74, 6) is 0. The first-order valence-electron chi connectivity index (χ1n) is 4.48. The van der Waals surface area contributed by atoms with Crippen molar-refractivity contribution < 1.29 is 0 Å².